The largest absolute Gasteiger partial charge is 0.493 e. The smallest absolute Gasteiger partial charge is 0.259 e. The molecule has 2 aliphatic carbocycles. The molecule has 3 aromatic rings. The molecule has 0 radical (unpaired) electrons. The van der Waals surface area contributed by atoms with Gasteiger partial charge >= 0.3 is 0 Å². The normalized spacial score (nSPS) is 15.0. The summed E-state index contributed by atoms with van der Waals surface area (Å²) in [6.07, 6.45) is 12.3. The number of benzene rings is 3. The van der Waals surface area contributed by atoms with Crippen LogP contribution in [0.3, 0.4) is 0 Å². The van der Waals surface area contributed by atoms with Crippen molar-refractivity contribution >= 4 is 52.3 Å². The zero-order chi connectivity index (χ0) is 34.5. The number of halogens is 2. The Morgan fingerprint density at radius 2 is 1.23 bits per heavy atom. The van der Waals surface area contributed by atoms with Gasteiger partial charge in [-0.25, -0.2) is 0 Å². The summed E-state index contributed by atoms with van der Waals surface area (Å²) in [4.78, 5) is 37.8. The highest BCUT2D eigenvalue weighted by atomic mass is 35.5. The Morgan fingerprint density at radius 3 is 1.79 bits per heavy atom. The van der Waals surface area contributed by atoms with Gasteiger partial charge in [-0.1, -0.05) is 67.8 Å². The number of carbonyl (C=O) groups is 3. The van der Waals surface area contributed by atoms with Crippen LogP contribution in [0.25, 0.3) is 0 Å². The van der Waals surface area contributed by atoms with Gasteiger partial charge in [0.1, 0.15) is 0 Å². The number of ether oxygens (including phenoxy) is 2. The third-order valence-electron chi connectivity index (χ3n) is 8.93. The molecule has 0 unspecified atom stereocenters. The van der Waals surface area contributed by atoms with Gasteiger partial charge in [0.05, 0.1) is 36.6 Å². The molecular weight excluding hydrogens is 651 g/mol. The predicted octanol–water partition coefficient (Wildman–Crippen LogP) is 8.15. The molecule has 0 heterocycles. The minimum absolute atomic E-state index is 0.124. The molecule has 0 spiro atoms. The van der Waals surface area contributed by atoms with Crippen LogP contribution in [0.5, 0.6) is 11.5 Å². The van der Waals surface area contributed by atoms with Crippen molar-refractivity contribution < 1.29 is 23.9 Å². The zero-order valence-corrected chi connectivity index (χ0v) is 29.2. The molecule has 2 saturated carbocycles. The Hall–Kier alpha value is -3.95. The number of anilines is 2. The van der Waals surface area contributed by atoms with Crippen LogP contribution in [0, 0.1) is 11.8 Å². The van der Waals surface area contributed by atoms with Gasteiger partial charge in [0.25, 0.3) is 17.7 Å². The van der Waals surface area contributed by atoms with Crippen LogP contribution in [0.1, 0.15) is 95.3 Å². The van der Waals surface area contributed by atoms with Crippen molar-refractivity contribution in [3.8, 4) is 11.5 Å². The van der Waals surface area contributed by atoms with Crippen molar-refractivity contribution in [1.82, 2.24) is 10.6 Å². The van der Waals surface area contributed by atoms with E-state index in [9.17, 15) is 14.4 Å². The molecule has 9 nitrogen and oxygen atoms in total. The molecule has 2 fully saturated rings. The maximum atomic E-state index is 12.9. The van der Waals surface area contributed by atoms with Gasteiger partial charge in [-0.15, -0.1) is 0 Å². The number of amides is 3. The van der Waals surface area contributed by atoms with E-state index in [4.69, 9.17) is 38.4 Å². The zero-order valence-electron chi connectivity index (χ0n) is 27.7. The lowest BCUT2D eigenvalue weighted by molar-refractivity contribution is 0.0936. The van der Waals surface area contributed by atoms with Crippen molar-refractivity contribution in [2.45, 2.75) is 64.2 Å². The summed E-state index contributed by atoms with van der Waals surface area (Å²) >= 11 is 12.0. The van der Waals surface area contributed by atoms with Gasteiger partial charge in [-0.3, -0.25) is 14.4 Å². The predicted molar refractivity (Wildman–Crippen MR) is 193 cm³/mol. The minimum Gasteiger partial charge on any atom is -0.493 e. The second kappa shape index (κ2) is 18.6. The molecule has 11 heteroatoms. The maximum Gasteiger partial charge on any atom is 0.259 e. The quantitative estimate of drug-likeness (QED) is 0.158. The van der Waals surface area contributed by atoms with E-state index in [0.29, 0.717) is 68.0 Å². The molecule has 2 aliphatic rings. The van der Waals surface area contributed by atoms with E-state index in [1.165, 1.54) is 65.6 Å². The summed E-state index contributed by atoms with van der Waals surface area (Å²) in [5.41, 5.74) is 7.74. The molecule has 0 aliphatic heterocycles. The number of rotatable bonds is 10. The standard InChI is InChI=1S/C23H27ClN2O4.C14H19ClN2O/c1-29-20-10-6-9-17(21(20)30-2)23(28)26-19-12-11-16(24)13-18(19)22(27)25-14-15-7-4-3-5-8-15;15-11-6-7-13(16)12(8-11)14(18)17-9-10-4-2-1-3-5-10/h6,9-13,15H,3-5,7-8,14H2,1-2H3,(H,25,27)(H,26,28);6-8,10H,1-5,9,16H2,(H,17,18). The minimum atomic E-state index is -0.408. The molecule has 3 amide bonds. The molecule has 5 N–H and O–H groups in total. The Balaban J connectivity index is 0.000000246. The third kappa shape index (κ3) is 10.5. The van der Waals surface area contributed by atoms with Crippen LogP contribution < -0.4 is 31.2 Å². The van der Waals surface area contributed by atoms with E-state index in [0.717, 1.165) is 19.4 Å². The van der Waals surface area contributed by atoms with Crippen molar-refractivity contribution in [2.75, 3.05) is 38.4 Å². The summed E-state index contributed by atoms with van der Waals surface area (Å²) in [5.74, 6) is 1.11. The molecular formula is C37H46Cl2N4O5. The van der Waals surface area contributed by atoms with E-state index in [1.807, 2.05) is 0 Å². The second-order valence-corrected chi connectivity index (χ2v) is 13.2. The number of nitrogens with two attached hydrogens (primary N) is 1. The summed E-state index contributed by atoms with van der Waals surface area (Å²) in [7, 11) is 2.98. The number of nitrogens with one attached hydrogen (secondary N) is 3. The monoisotopic (exact) mass is 696 g/mol. The fourth-order valence-electron chi connectivity index (χ4n) is 6.24. The Kier molecular flexibility index (Phi) is 14.3. The number of carbonyl (C=O) groups excluding carboxylic acids is 3. The van der Waals surface area contributed by atoms with Crippen molar-refractivity contribution in [2.24, 2.45) is 11.8 Å². The first kappa shape index (κ1) is 36.9. The SMILES string of the molecule is COc1cccc(C(=O)Nc2ccc(Cl)cc2C(=O)NCC2CCCCC2)c1OC.Nc1ccc(Cl)cc1C(=O)NCC1CCCCC1. The average Bonchev–Trinajstić information content (AvgIpc) is 3.12. The Bertz CT molecular complexity index is 1550. The van der Waals surface area contributed by atoms with Crippen LogP contribution in [0.4, 0.5) is 11.4 Å². The van der Waals surface area contributed by atoms with Gasteiger partial charge in [0, 0.05) is 28.8 Å². The van der Waals surface area contributed by atoms with Crippen LogP contribution in [-0.4, -0.2) is 45.0 Å². The number of nitrogen functional groups attached to an aromatic ring is 1. The lowest BCUT2D eigenvalue weighted by Crippen LogP contribution is -2.31. The summed E-state index contributed by atoms with van der Waals surface area (Å²) in [6.45, 7) is 1.37. The highest BCUT2D eigenvalue weighted by molar-refractivity contribution is 6.31. The summed E-state index contributed by atoms with van der Waals surface area (Å²) in [6, 6.07) is 14.9. The Morgan fingerprint density at radius 1 is 0.688 bits per heavy atom. The third-order valence-corrected chi connectivity index (χ3v) is 9.40. The van der Waals surface area contributed by atoms with Crippen LogP contribution >= 0.6 is 23.2 Å². The molecule has 3 aromatic carbocycles. The Labute approximate surface area is 293 Å². The first-order valence-corrected chi connectivity index (χ1v) is 17.4. The lowest BCUT2D eigenvalue weighted by Gasteiger charge is -2.22. The maximum absolute atomic E-state index is 12.9. The topological polar surface area (TPSA) is 132 Å². The second-order valence-electron chi connectivity index (χ2n) is 12.3. The van der Waals surface area contributed by atoms with Gasteiger partial charge in [0.15, 0.2) is 11.5 Å². The number of methoxy groups -OCH3 is 2. The highest BCUT2D eigenvalue weighted by Gasteiger charge is 2.21. The number of para-hydroxylation sites is 1. The van der Waals surface area contributed by atoms with E-state index in [1.54, 1.807) is 54.6 Å². The van der Waals surface area contributed by atoms with Gasteiger partial charge < -0.3 is 31.2 Å². The van der Waals surface area contributed by atoms with Crippen molar-refractivity contribution in [3.63, 3.8) is 0 Å². The average molecular weight is 698 g/mol. The summed E-state index contributed by atoms with van der Waals surface area (Å²) in [5, 5.41) is 9.72. The number of hydrogen-bond acceptors (Lipinski definition) is 6. The highest BCUT2D eigenvalue weighted by Crippen LogP contribution is 2.32. The summed E-state index contributed by atoms with van der Waals surface area (Å²) < 4.78 is 10.6. The van der Waals surface area contributed by atoms with Crippen molar-refractivity contribution in [1.29, 1.82) is 0 Å². The first-order valence-electron chi connectivity index (χ1n) is 16.6. The fourth-order valence-corrected chi connectivity index (χ4v) is 6.59. The van der Waals surface area contributed by atoms with Gasteiger partial charge in [-0.05, 0) is 86.1 Å². The molecule has 48 heavy (non-hydrogen) atoms. The van der Waals surface area contributed by atoms with E-state index in [-0.39, 0.29) is 11.8 Å². The van der Waals surface area contributed by atoms with Gasteiger partial charge in [0.2, 0.25) is 0 Å². The number of hydrogen-bond donors (Lipinski definition) is 4. The molecule has 0 saturated heterocycles. The molecule has 258 valence electrons. The van der Waals surface area contributed by atoms with Crippen molar-refractivity contribution in [3.05, 3.63) is 81.3 Å². The van der Waals surface area contributed by atoms with Crippen LogP contribution in [0.2, 0.25) is 10.0 Å². The molecule has 0 bridgehead atoms. The molecule has 5 rings (SSSR count). The van der Waals surface area contributed by atoms with Gasteiger partial charge in [-0.2, -0.15) is 0 Å². The molecule has 0 aromatic heterocycles. The first-order chi connectivity index (χ1) is 23.2. The fraction of sp³-hybridized carbons (Fsp3) is 0.432. The van der Waals surface area contributed by atoms with E-state index >= 15 is 0 Å². The molecule has 0 atom stereocenters. The van der Waals surface area contributed by atoms with Crippen LogP contribution in [-0.2, 0) is 0 Å². The van der Waals surface area contributed by atoms with E-state index < -0.39 is 5.91 Å². The van der Waals surface area contributed by atoms with Crippen LogP contribution in [0.15, 0.2) is 54.6 Å². The lowest BCUT2D eigenvalue weighted by atomic mass is 9.89. The van der Waals surface area contributed by atoms with E-state index in [2.05, 4.69) is 16.0 Å².